The summed E-state index contributed by atoms with van der Waals surface area (Å²) in [5, 5.41) is 26.6. The van der Waals surface area contributed by atoms with E-state index < -0.39 is 0 Å². The van der Waals surface area contributed by atoms with Crippen LogP contribution in [-0.2, 0) is 4.74 Å². The molecular formula is C63H129N13O3. The van der Waals surface area contributed by atoms with Gasteiger partial charge in [0.15, 0.2) is 0 Å². The Hall–Kier alpha value is -1.90. The summed E-state index contributed by atoms with van der Waals surface area (Å²) in [6, 6.07) is 6.74. The molecule has 1 aliphatic carbocycles. The zero-order valence-corrected chi connectivity index (χ0v) is 52.7. The predicted molar refractivity (Wildman–Crippen MR) is 339 cm³/mol. The van der Waals surface area contributed by atoms with Crippen LogP contribution in [0.1, 0.15) is 136 Å². The van der Waals surface area contributed by atoms with Crippen molar-refractivity contribution in [3.63, 3.8) is 0 Å². The van der Waals surface area contributed by atoms with Gasteiger partial charge in [0.1, 0.15) is 11.5 Å². The normalized spacial score (nSPS) is 25.5. The first kappa shape index (κ1) is 71.4. The lowest BCUT2D eigenvalue weighted by atomic mass is 9.94. The predicted octanol–water partition coefficient (Wildman–Crippen LogP) is 6.42. The van der Waals surface area contributed by atoms with Gasteiger partial charge in [-0.25, -0.2) is 0 Å². The third-order valence-electron chi connectivity index (χ3n) is 16.3. The van der Waals surface area contributed by atoms with Gasteiger partial charge in [-0.3, -0.25) is 9.80 Å². The van der Waals surface area contributed by atoms with Crippen LogP contribution in [0, 0.1) is 11.8 Å². The summed E-state index contributed by atoms with van der Waals surface area (Å²) in [5.74, 6) is 3.51. The van der Waals surface area contributed by atoms with Gasteiger partial charge in [-0.05, 0) is 149 Å². The maximum absolute atomic E-state index is 5.40. The maximum Gasteiger partial charge on any atom is 0.145 e. The minimum atomic E-state index is 0.786. The highest BCUT2D eigenvalue weighted by Crippen LogP contribution is 2.32. The van der Waals surface area contributed by atoms with Crippen molar-refractivity contribution >= 4 is 5.69 Å². The van der Waals surface area contributed by atoms with E-state index in [2.05, 4.69) is 108 Å². The van der Waals surface area contributed by atoms with E-state index in [1.807, 2.05) is 12.1 Å². The average Bonchev–Trinajstić information content (AvgIpc) is 3.92. The summed E-state index contributed by atoms with van der Waals surface area (Å²) in [7, 11) is 7.69. The number of hydrogen-bond acceptors (Lipinski definition) is 16. The molecule has 9 saturated heterocycles. The van der Waals surface area contributed by atoms with Gasteiger partial charge < -0.3 is 71.4 Å². The molecule has 1 aromatic rings. The van der Waals surface area contributed by atoms with Crippen LogP contribution in [0.25, 0.3) is 0 Å². The third kappa shape index (κ3) is 40.1. The van der Waals surface area contributed by atoms with Crippen LogP contribution >= 0.6 is 0 Å². The Bertz CT molecular complexity index is 1360. The number of anilines is 1. The lowest BCUT2D eigenvalue weighted by Gasteiger charge is -2.31. The molecule has 1 aromatic carbocycles. The highest BCUT2D eigenvalue weighted by atomic mass is 16.5. The molecule has 11 rings (SSSR count). The van der Waals surface area contributed by atoms with E-state index in [9.17, 15) is 0 Å². The Morgan fingerprint density at radius 3 is 1.30 bits per heavy atom. The Labute approximate surface area is 487 Å². The zero-order valence-electron chi connectivity index (χ0n) is 52.7. The Morgan fingerprint density at radius 2 is 0.873 bits per heavy atom. The number of piperidine rings is 2. The molecular weight excluding hydrogens is 987 g/mol. The van der Waals surface area contributed by atoms with Crippen LogP contribution in [0.15, 0.2) is 18.2 Å². The van der Waals surface area contributed by atoms with Gasteiger partial charge in [0.25, 0.3) is 0 Å². The quantitative estimate of drug-likeness (QED) is 0.149. The van der Waals surface area contributed by atoms with E-state index >= 15 is 0 Å². The topological polar surface area (TPSA) is 140 Å². The van der Waals surface area contributed by atoms with E-state index in [-0.39, 0.29) is 0 Å². The maximum atomic E-state index is 5.40. The van der Waals surface area contributed by atoms with Gasteiger partial charge >= 0.3 is 0 Å². The van der Waals surface area contributed by atoms with Crippen LogP contribution in [-0.4, -0.2) is 244 Å². The van der Waals surface area contributed by atoms with Crippen molar-refractivity contribution in [2.24, 2.45) is 11.8 Å². The number of morpholine rings is 1. The largest absolute Gasteiger partial charge is 0.497 e. The number of nitrogens with zero attached hydrogens (tertiary/aromatic N) is 5. The van der Waals surface area contributed by atoms with Crippen molar-refractivity contribution < 1.29 is 14.2 Å². The molecule has 0 radical (unpaired) electrons. The summed E-state index contributed by atoms with van der Waals surface area (Å²) in [6.07, 6.45) is 25.9. The highest BCUT2D eigenvalue weighted by molar-refractivity contribution is 5.61. The molecule has 16 nitrogen and oxygen atoms in total. The molecule has 0 aromatic heterocycles. The van der Waals surface area contributed by atoms with Crippen molar-refractivity contribution in [2.75, 3.05) is 223 Å². The molecule has 9 aliphatic heterocycles. The lowest BCUT2D eigenvalue weighted by Crippen LogP contribution is -2.47. The summed E-state index contributed by atoms with van der Waals surface area (Å²) >= 11 is 0. The molecule has 10 fully saturated rings. The summed E-state index contributed by atoms with van der Waals surface area (Å²) in [5.41, 5.74) is 1.14. The van der Waals surface area contributed by atoms with Crippen LogP contribution in [0.5, 0.6) is 11.5 Å². The van der Waals surface area contributed by atoms with Gasteiger partial charge in [0, 0.05) is 130 Å². The molecule has 9 heterocycles. The Morgan fingerprint density at radius 1 is 0.443 bits per heavy atom. The molecule has 10 aliphatic rings. The first-order valence-electron chi connectivity index (χ1n) is 32.8. The number of nitrogens with one attached hydrogen (secondary N) is 8. The summed E-state index contributed by atoms with van der Waals surface area (Å²) < 4.78 is 15.9. The molecule has 0 amide bonds. The number of hydrogen-bond donors (Lipinski definition) is 8. The Kier molecular flexibility index (Phi) is 45.7. The van der Waals surface area contributed by atoms with E-state index in [4.69, 9.17) is 14.2 Å². The van der Waals surface area contributed by atoms with E-state index in [0.717, 1.165) is 120 Å². The second kappa shape index (κ2) is 50.6. The Balaban J connectivity index is 0.000000240. The first-order valence-corrected chi connectivity index (χ1v) is 32.8. The molecule has 0 bridgehead atoms. The van der Waals surface area contributed by atoms with Crippen molar-refractivity contribution in [1.82, 2.24) is 62.1 Å². The second-order valence-electron chi connectivity index (χ2n) is 23.8. The minimum absolute atomic E-state index is 0.786. The van der Waals surface area contributed by atoms with Crippen LogP contribution in [0.4, 0.5) is 5.69 Å². The number of methoxy groups -OCH3 is 2. The molecule has 16 heteroatoms. The van der Waals surface area contributed by atoms with Gasteiger partial charge in [-0.2, -0.15) is 0 Å². The summed E-state index contributed by atoms with van der Waals surface area (Å²) in [4.78, 5) is 12.1. The monoisotopic (exact) mass is 1120 g/mol. The van der Waals surface area contributed by atoms with E-state index in [1.165, 1.54) is 220 Å². The van der Waals surface area contributed by atoms with Crippen LogP contribution in [0.2, 0.25) is 0 Å². The molecule has 1 saturated carbocycles. The molecule has 3 atom stereocenters. The molecule has 464 valence electrons. The van der Waals surface area contributed by atoms with Gasteiger partial charge in [0.05, 0.1) is 33.1 Å². The average molecular weight is 1120 g/mol. The number of piperazine rings is 3. The van der Waals surface area contributed by atoms with Crippen LogP contribution < -0.4 is 56.9 Å². The molecule has 3 unspecified atom stereocenters. The number of ether oxygens (including phenoxy) is 3. The van der Waals surface area contributed by atoms with Gasteiger partial charge in [-0.15, -0.1) is 0 Å². The van der Waals surface area contributed by atoms with Crippen LogP contribution in [0.3, 0.4) is 0 Å². The zero-order chi connectivity index (χ0) is 56.5. The second-order valence-corrected chi connectivity index (χ2v) is 23.8. The summed E-state index contributed by atoms with van der Waals surface area (Å²) in [6.45, 7) is 40.4. The molecule has 79 heavy (non-hydrogen) atoms. The van der Waals surface area contributed by atoms with Gasteiger partial charge in [-0.1, -0.05) is 84.5 Å². The highest BCUT2D eigenvalue weighted by Gasteiger charge is 2.17. The number of rotatable bonds is 6. The van der Waals surface area contributed by atoms with Gasteiger partial charge in [0.2, 0.25) is 0 Å². The fraction of sp³-hybridized carbons (Fsp3) is 0.905. The minimum Gasteiger partial charge on any atom is -0.497 e. The smallest absolute Gasteiger partial charge is 0.145 e. The number of benzene rings is 1. The number of likely N-dealkylation sites (N-methyl/N-ethyl adjacent to an activating group) is 2. The van der Waals surface area contributed by atoms with Crippen molar-refractivity contribution in [1.29, 1.82) is 0 Å². The first-order chi connectivity index (χ1) is 38.8. The van der Waals surface area contributed by atoms with Crippen molar-refractivity contribution in [2.45, 2.75) is 142 Å². The fourth-order valence-electron chi connectivity index (χ4n) is 10.8. The van der Waals surface area contributed by atoms with E-state index in [1.54, 1.807) is 14.2 Å². The van der Waals surface area contributed by atoms with E-state index in [0.29, 0.717) is 0 Å². The SMILES string of the molecule is C1CCCCCC1.C1CCCNCCC1.C1CN(CCN2CCOCC2)CCN1.C1CNC1.CC1CCCCN1.CC1CNCC(C)C1.CN1CCCNCC1.CN1CCNCC1.COc1ccc(N2CCNCC2)c(OC)c1. The third-order valence-corrected chi connectivity index (χ3v) is 16.3. The molecule has 8 N–H and O–H groups in total. The van der Waals surface area contributed by atoms with Crippen molar-refractivity contribution in [3.8, 4) is 11.5 Å². The fourth-order valence-corrected chi connectivity index (χ4v) is 10.8. The molecule has 0 spiro atoms. The lowest BCUT2D eigenvalue weighted by molar-refractivity contribution is 0.0328. The standard InChI is InChI=1S/C12H18N2O2.C10H21N3O.2C7H15N.C7H14.C6H14N2.C6H13N.C5H12N2.C3H7N/c1-15-10-3-4-11(12(9-10)16-2)14-7-5-13-6-8-14;1-3-12(4-2-11-1)5-6-13-7-9-14-10-8-13;1-6-3-7(2)5-8-4-6;1-2-4-6-8-7-5-3-1;1-2-4-6-7-5-3-1;1-8-5-2-3-7-4-6-8;1-6-4-2-3-5-7-6;1-7-4-2-6-3-5-7;1-2-4-3-1/h3-4,9,13H,5-8H2,1-2H3;11H,1-10H2;6-8H,3-5H2,1-2H3;8H,1-7H2;1-7H2;7H,2-6H2,1H3;6-7H,2-5H2,1H3;6H,2-5H2,1H3;4H,1-3H2. The van der Waals surface area contributed by atoms with Crippen molar-refractivity contribution in [3.05, 3.63) is 18.2 Å².